The highest BCUT2D eigenvalue weighted by molar-refractivity contribution is 7.13. The van der Waals surface area contributed by atoms with Crippen molar-refractivity contribution >= 4 is 11.3 Å². The summed E-state index contributed by atoms with van der Waals surface area (Å²) in [5, 5.41) is 9.15. The fourth-order valence-electron chi connectivity index (χ4n) is 2.26. The topological polar surface area (TPSA) is 53.5 Å². The van der Waals surface area contributed by atoms with E-state index in [0.717, 1.165) is 12.1 Å². The van der Waals surface area contributed by atoms with Gasteiger partial charge < -0.3 is 14.2 Å². The van der Waals surface area contributed by atoms with Crippen molar-refractivity contribution < 1.29 is 27.4 Å². The molecule has 28 heavy (non-hydrogen) atoms. The van der Waals surface area contributed by atoms with Crippen LogP contribution in [0.25, 0.3) is 0 Å². The van der Waals surface area contributed by atoms with Crippen LogP contribution in [0.1, 0.15) is 30.5 Å². The Hall–Kier alpha value is -2.81. The zero-order valence-corrected chi connectivity index (χ0v) is 15.9. The lowest BCUT2D eigenvalue weighted by Crippen LogP contribution is -2.04. The van der Waals surface area contributed by atoms with Crippen LogP contribution in [-0.4, -0.2) is 16.8 Å². The molecule has 3 aromatic rings. The number of benzene rings is 2. The fourth-order valence-corrected chi connectivity index (χ4v) is 2.99. The van der Waals surface area contributed by atoms with Gasteiger partial charge in [0.2, 0.25) is 0 Å². The van der Waals surface area contributed by atoms with Gasteiger partial charge in [-0.15, -0.1) is 5.10 Å². The predicted molar refractivity (Wildman–Crippen MR) is 98.1 cm³/mol. The molecule has 1 aromatic heterocycles. The van der Waals surface area contributed by atoms with E-state index in [1.807, 2.05) is 13.8 Å². The van der Waals surface area contributed by atoms with Crippen LogP contribution in [0.15, 0.2) is 48.5 Å². The van der Waals surface area contributed by atoms with Crippen LogP contribution >= 0.6 is 11.3 Å². The van der Waals surface area contributed by atoms with Gasteiger partial charge in [-0.05, 0) is 62.4 Å². The Morgan fingerprint density at radius 3 is 2.07 bits per heavy atom. The summed E-state index contributed by atoms with van der Waals surface area (Å²) in [5.41, 5.74) is -0.721. The smallest absolute Gasteiger partial charge is 0.416 e. The highest BCUT2D eigenvalue weighted by Gasteiger charge is 2.30. The number of hydrogen-bond acceptors (Lipinski definition) is 6. The second-order valence-corrected chi connectivity index (χ2v) is 6.67. The SMILES string of the molecule is CCOc1nnc(C(C)Oc2ccc(Oc3ccc(C(F)(F)F)cc3)cc2)s1. The van der Waals surface area contributed by atoms with E-state index in [9.17, 15) is 13.2 Å². The Kier molecular flexibility index (Phi) is 6.03. The van der Waals surface area contributed by atoms with Crippen LogP contribution in [0.4, 0.5) is 13.2 Å². The normalized spacial score (nSPS) is 12.5. The van der Waals surface area contributed by atoms with Crippen LogP contribution in [0.5, 0.6) is 22.4 Å². The van der Waals surface area contributed by atoms with Gasteiger partial charge in [0.15, 0.2) is 5.01 Å². The summed E-state index contributed by atoms with van der Waals surface area (Å²) in [4.78, 5) is 0. The molecule has 0 bridgehead atoms. The highest BCUT2D eigenvalue weighted by Crippen LogP contribution is 2.32. The first-order valence-electron chi connectivity index (χ1n) is 8.43. The number of alkyl halides is 3. The van der Waals surface area contributed by atoms with Gasteiger partial charge in [0.05, 0.1) is 12.2 Å². The molecule has 0 aliphatic heterocycles. The monoisotopic (exact) mass is 410 g/mol. The zero-order chi connectivity index (χ0) is 20.1. The van der Waals surface area contributed by atoms with E-state index in [-0.39, 0.29) is 6.10 Å². The molecule has 9 heteroatoms. The average Bonchev–Trinajstić information content (AvgIpc) is 3.12. The number of ether oxygens (including phenoxy) is 3. The molecule has 0 saturated carbocycles. The number of halogens is 3. The fraction of sp³-hybridized carbons (Fsp3) is 0.263. The average molecular weight is 410 g/mol. The Morgan fingerprint density at radius 1 is 0.929 bits per heavy atom. The van der Waals surface area contributed by atoms with E-state index in [0.29, 0.717) is 34.1 Å². The minimum Gasteiger partial charge on any atom is -0.483 e. The number of hydrogen-bond donors (Lipinski definition) is 0. The van der Waals surface area contributed by atoms with Gasteiger partial charge in [-0.3, -0.25) is 0 Å². The van der Waals surface area contributed by atoms with Crippen molar-refractivity contribution in [3.05, 3.63) is 59.1 Å². The van der Waals surface area contributed by atoms with Crippen molar-refractivity contribution in [2.45, 2.75) is 26.1 Å². The van der Waals surface area contributed by atoms with E-state index in [1.54, 1.807) is 24.3 Å². The molecule has 0 amide bonds. The maximum absolute atomic E-state index is 12.6. The molecule has 0 N–H and O–H groups in total. The summed E-state index contributed by atoms with van der Waals surface area (Å²) >= 11 is 1.32. The number of nitrogens with zero attached hydrogens (tertiary/aromatic N) is 2. The molecule has 2 aromatic carbocycles. The minimum atomic E-state index is -4.37. The van der Waals surface area contributed by atoms with Crippen LogP contribution in [0.3, 0.4) is 0 Å². The minimum absolute atomic E-state index is 0.312. The van der Waals surface area contributed by atoms with Crippen LogP contribution in [-0.2, 0) is 6.18 Å². The third-order valence-corrected chi connectivity index (χ3v) is 4.59. The summed E-state index contributed by atoms with van der Waals surface area (Å²) < 4.78 is 54.4. The van der Waals surface area contributed by atoms with Gasteiger partial charge in [0.25, 0.3) is 5.19 Å². The molecule has 0 aliphatic carbocycles. The molecular weight excluding hydrogens is 393 g/mol. The molecule has 5 nitrogen and oxygen atoms in total. The maximum Gasteiger partial charge on any atom is 0.416 e. The summed E-state index contributed by atoms with van der Waals surface area (Å²) in [6, 6.07) is 11.3. The first-order valence-corrected chi connectivity index (χ1v) is 9.25. The van der Waals surface area contributed by atoms with Gasteiger partial charge in [0, 0.05) is 0 Å². The van der Waals surface area contributed by atoms with Gasteiger partial charge in [-0.25, -0.2) is 0 Å². The first kappa shape index (κ1) is 19.9. The zero-order valence-electron chi connectivity index (χ0n) is 15.1. The summed E-state index contributed by atoms with van der Waals surface area (Å²) in [6.45, 7) is 4.24. The van der Waals surface area contributed by atoms with Crippen LogP contribution in [0, 0.1) is 0 Å². The number of aromatic nitrogens is 2. The second kappa shape index (κ2) is 8.47. The first-order chi connectivity index (χ1) is 13.3. The number of rotatable bonds is 7. The summed E-state index contributed by atoms with van der Waals surface area (Å²) in [5.74, 6) is 1.39. The quantitative estimate of drug-likeness (QED) is 0.486. The second-order valence-electron chi connectivity index (χ2n) is 5.69. The molecule has 1 heterocycles. The molecule has 0 spiro atoms. The lowest BCUT2D eigenvalue weighted by molar-refractivity contribution is -0.137. The molecule has 1 unspecified atom stereocenters. The Labute approximate surface area is 163 Å². The van der Waals surface area contributed by atoms with Crippen molar-refractivity contribution in [1.29, 1.82) is 0 Å². The standard InChI is InChI=1S/C19H17F3N2O3S/c1-3-25-18-24-23-17(28-18)12(2)26-14-8-10-16(11-9-14)27-15-6-4-13(5-7-15)19(20,21)22/h4-12H,3H2,1-2H3. The van der Waals surface area contributed by atoms with E-state index in [2.05, 4.69) is 10.2 Å². The molecule has 0 saturated heterocycles. The van der Waals surface area contributed by atoms with Gasteiger partial charge in [-0.1, -0.05) is 16.4 Å². The molecule has 0 fully saturated rings. The van der Waals surface area contributed by atoms with E-state index in [4.69, 9.17) is 14.2 Å². The van der Waals surface area contributed by atoms with Gasteiger partial charge in [0.1, 0.15) is 23.4 Å². The predicted octanol–water partition coefficient (Wildman–Crippen LogP) is 5.89. The highest BCUT2D eigenvalue weighted by atomic mass is 32.1. The van der Waals surface area contributed by atoms with E-state index >= 15 is 0 Å². The molecule has 3 rings (SSSR count). The van der Waals surface area contributed by atoms with E-state index < -0.39 is 11.7 Å². The van der Waals surface area contributed by atoms with E-state index in [1.165, 1.54) is 23.5 Å². The van der Waals surface area contributed by atoms with Crippen LogP contribution < -0.4 is 14.2 Å². The summed E-state index contributed by atoms with van der Waals surface area (Å²) in [6.07, 6.45) is -4.68. The summed E-state index contributed by atoms with van der Waals surface area (Å²) in [7, 11) is 0. The van der Waals surface area contributed by atoms with Crippen molar-refractivity contribution in [2.75, 3.05) is 6.61 Å². The van der Waals surface area contributed by atoms with Crippen LogP contribution in [0.2, 0.25) is 0 Å². The van der Waals surface area contributed by atoms with Crippen molar-refractivity contribution in [3.63, 3.8) is 0 Å². The van der Waals surface area contributed by atoms with Crippen molar-refractivity contribution in [3.8, 4) is 22.4 Å². The largest absolute Gasteiger partial charge is 0.483 e. The third kappa shape index (κ3) is 5.13. The Bertz CT molecular complexity index is 896. The van der Waals surface area contributed by atoms with Gasteiger partial charge >= 0.3 is 6.18 Å². The molecular formula is C19H17F3N2O3S. The lowest BCUT2D eigenvalue weighted by atomic mass is 10.2. The molecule has 148 valence electrons. The Morgan fingerprint density at radius 2 is 1.50 bits per heavy atom. The van der Waals surface area contributed by atoms with Gasteiger partial charge in [-0.2, -0.15) is 13.2 Å². The lowest BCUT2D eigenvalue weighted by Gasteiger charge is -2.12. The molecule has 0 radical (unpaired) electrons. The Balaban J connectivity index is 1.59. The third-order valence-electron chi connectivity index (χ3n) is 3.59. The van der Waals surface area contributed by atoms with Crippen molar-refractivity contribution in [2.24, 2.45) is 0 Å². The molecule has 0 aliphatic rings. The maximum atomic E-state index is 12.6. The molecule has 1 atom stereocenters. The van der Waals surface area contributed by atoms with Crippen molar-refractivity contribution in [1.82, 2.24) is 10.2 Å².